The Morgan fingerprint density at radius 2 is 1.87 bits per heavy atom. The highest BCUT2D eigenvalue weighted by molar-refractivity contribution is 6.31. The van der Waals surface area contributed by atoms with Crippen molar-refractivity contribution in [3.8, 4) is 5.75 Å². The van der Waals surface area contributed by atoms with Gasteiger partial charge in [-0.15, -0.1) is 0 Å². The normalized spacial score (nSPS) is 10.3. The van der Waals surface area contributed by atoms with Crippen LogP contribution in [0.5, 0.6) is 5.75 Å². The summed E-state index contributed by atoms with van der Waals surface area (Å²) in [4.78, 5) is 31.9. The monoisotopic (exact) mass is 450 g/mol. The number of benzene rings is 1. The molecule has 1 heterocycles. The summed E-state index contributed by atoms with van der Waals surface area (Å²) in [7, 11) is 1.84. The molecule has 1 aromatic carbocycles. The van der Waals surface area contributed by atoms with E-state index in [1.54, 1.807) is 31.3 Å². The van der Waals surface area contributed by atoms with Crippen LogP contribution < -0.4 is 26.0 Å². The maximum Gasteiger partial charge on any atom is 0.407 e. The first kappa shape index (κ1) is 24.2. The van der Waals surface area contributed by atoms with Crippen LogP contribution >= 0.6 is 11.6 Å². The van der Waals surface area contributed by atoms with Gasteiger partial charge in [-0.2, -0.15) is 0 Å². The summed E-state index contributed by atoms with van der Waals surface area (Å²) >= 11 is 6.04. The second-order valence-corrected chi connectivity index (χ2v) is 6.92. The summed E-state index contributed by atoms with van der Waals surface area (Å²) in [5, 5.41) is 11.4. The highest BCUT2D eigenvalue weighted by atomic mass is 35.5. The third-order valence-corrected chi connectivity index (χ3v) is 4.10. The average molecular weight is 451 g/mol. The first-order valence-corrected chi connectivity index (χ1v) is 10.2. The van der Waals surface area contributed by atoms with Crippen LogP contribution in [0.3, 0.4) is 0 Å². The zero-order chi connectivity index (χ0) is 22.5. The number of nitrogens with one attached hydrogen (secondary N) is 4. The number of aryl methyl sites for hydroxylation is 1. The fraction of sp³-hybridized carbons (Fsp3) is 0.400. The topological polar surface area (TPSA) is 126 Å². The fourth-order valence-electron chi connectivity index (χ4n) is 2.36. The summed E-state index contributed by atoms with van der Waals surface area (Å²) < 4.78 is 10.8. The Balaban J connectivity index is 1.77. The van der Waals surface area contributed by atoms with E-state index < -0.39 is 12.1 Å². The molecule has 0 aliphatic heterocycles. The molecule has 11 heteroatoms. The minimum absolute atomic E-state index is 0.316. The molecule has 10 nitrogen and oxygen atoms in total. The summed E-state index contributed by atoms with van der Waals surface area (Å²) in [6.45, 7) is 3.67. The zero-order valence-corrected chi connectivity index (χ0v) is 18.3. The van der Waals surface area contributed by atoms with Gasteiger partial charge in [0.05, 0.1) is 37.0 Å². The number of hydrogen-bond acceptors (Lipinski definition) is 7. The van der Waals surface area contributed by atoms with E-state index in [1.807, 2.05) is 7.05 Å². The Kier molecular flexibility index (Phi) is 10.3. The lowest BCUT2D eigenvalue weighted by atomic mass is 10.3. The van der Waals surface area contributed by atoms with Crippen molar-refractivity contribution in [1.82, 2.24) is 20.6 Å². The van der Waals surface area contributed by atoms with Gasteiger partial charge < -0.3 is 25.4 Å². The second kappa shape index (κ2) is 13.2. The van der Waals surface area contributed by atoms with Crippen molar-refractivity contribution in [2.24, 2.45) is 0 Å². The number of carbonyl (C=O) groups excluding carboxylic acids is 2. The largest absolute Gasteiger partial charge is 0.491 e. The van der Waals surface area contributed by atoms with Crippen molar-refractivity contribution in [2.75, 3.05) is 44.0 Å². The predicted molar refractivity (Wildman–Crippen MR) is 119 cm³/mol. The molecule has 0 fully saturated rings. The van der Waals surface area contributed by atoms with E-state index in [9.17, 15) is 9.59 Å². The summed E-state index contributed by atoms with van der Waals surface area (Å²) in [5.74, 6) is 0.765. The Bertz CT molecular complexity index is 850. The number of nitrogens with zero attached hydrogens (tertiary/aromatic N) is 2. The third kappa shape index (κ3) is 9.49. The molecule has 0 atom stereocenters. The average Bonchev–Trinajstić information content (AvgIpc) is 2.74. The molecule has 31 heavy (non-hydrogen) atoms. The second-order valence-electron chi connectivity index (χ2n) is 6.48. The van der Waals surface area contributed by atoms with Crippen molar-refractivity contribution in [2.45, 2.75) is 19.8 Å². The first-order valence-electron chi connectivity index (χ1n) is 9.82. The third-order valence-electron chi connectivity index (χ3n) is 3.86. The van der Waals surface area contributed by atoms with Gasteiger partial charge in [0.25, 0.3) is 0 Å². The lowest BCUT2D eigenvalue weighted by Crippen LogP contribution is -2.27. The highest BCUT2D eigenvalue weighted by Gasteiger charge is 2.10. The molecule has 3 amide bonds. The van der Waals surface area contributed by atoms with E-state index in [-0.39, 0.29) is 0 Å². The zero-order valence-electron chi connectivity index (χ0n) is 17.5. The van der Waals surface area contributed by atoms with Crippen LogP contribution in [0.2, 0.25) is 5.02 Å². The fourth-order valence-corrected chi connectivity index (χ4v) is 2.53. The van der Waals surface area contributed by atoms with Gasteiger partial charge in [0.2, 0.25) is 0 Å². The maximum absolute atomic E-state index is 12.3. The Morgan fingerprint density at radius 3 is 2.61 bits per heavy atom. The molecular weight excluding hydrogens is 424 g/mol. The maximum atomic E-state index is 12.3. The number of urea groups is 1. The number of anilines is 2. The standard InChI is InChI=1S/C20H27ClN6O4/c1-14-12-25-18(13-24-14)27-19(28)26-16-11-15(21)5-6-17(16)30-9-4-8-23-20(29)31-10-3-7-22-2/h5-6,11-13,22H,3-4,7-10H2,1-2H3,(H,23,29)(H2,25,26,27,28). The van der Waals surface area contributed by atoms with Crippen LogP contribution in [-0.2, 0) is 4.74 Å². The van der Waals surface area contributed by atoms with Crippen LogP contribution in [0, 0.1) is 6.92 Å². The Labute approximate surface area is 186 Å². The van der Waals surface area contributed by atoms with Crippen molar-refractivity contribution in [3.63, 3.8) is 0 Å². The minimum Gasteiger partial charge on any atom is -0.491 e. The van der Waals surface area contributed by atoms with Crippen LogP contribution in [0.25, 0.3) is 0 Å². The Morgan fingerprint density at radius 1 is 1.06 bits per heavy atom. The lowest BCUT2D eigenvalue weighted by molar-refractivity contribution is 0.144. The molecule has 0 saturated heterocycles. The van der Waals surface area contributed by atoms with Crippen molar-refractivity contribution >= 4 is 35.2 Å². The molecule has 0 aliphatic rings. The molecule has 1 aromatic heterocycles. The summed E-state index contributed by atoms with van der Waals surface area (Å²) in [5.41, 5.74) is 1.15. The smallest absolute Gasteiger partial charge is 0.407 e. The number of rotatable bonds is 11. The van der Waals surface area contributed by atoms with E-state index in [4.69, 9.17) is 21.1 Å². The van der Waals surface area contributed by atoms with Crippen LogP contribution in [-0.4, -0.2) is 55.4 Å². The van der Waals surface area contributed by atoms with Crippen LogP contribution in [0.1, 0.15) is 18.5 Å². The van der Waals surface area contributed by atoms with E-state index >= 15 is 0 Å². The van der Waals surface area contributed by atoms with Crippen LogP contribution in [0.15, 0.2) is 30.6 Å². The molecule has 0 aliphatic carbocycles. The van der Waals surface area contributed by atoms with Gasteiger partial charge in [0.15, 0.2) is 5.82 Å². The van der Waals surface area contributed by atoms with Gasteiger partial charge >= 0.3 is 12.1 Å². The minimum atomic E-state index is -0.507. The van der Waals surface area contributed by atoms with Crippen LogP contribution in [0.4, 0.5) is 21.1 Å². The molecule has 0 saturated carbocycles. The molecule has 168 valence electrons. The van der Waals surface area contributed by atoms with Crippen molar-refractivity contribution in [3.05, 3.63) is 41.3 Å². The lowest BCUT2D eigenvalue weighted by Gasteiger charge is -2.14. The first-order chi connectivity index (χ1) is 15.0. The Hall–Kier alpha value is -3.11. The van der Waals surface area contributed by atoms with Gasteiger partial charge in [-0.3, -0.25) is 10.3 Å². The molecule has 0 spiro atoms. The van der Waals surface area contributed by atoms with Gasteiger partial charge in [0.1, 0.15) is 5.75 Å². The van der Waals surface area contributed by atoms with Crippen molar-refractivity contribution < 1.29 is 19.1 Å². The number of carbonyl (C=O) groups is 2. The van der Waals surface area contributed by atoms with E-state index in [0.717, 1.165) is 18.7 Å². The van der Waals surface area contributed by atoms with E-state index in [2.05, 4.69) is 31.2 Å². The number of alkyl carbamates (subject to hydrolysis) is 1. The molecular formula is C20H27ClN6O4. The quantitative estimate of drug-likeness (QED) is 0.387. The number of hydrogen-bond donors (Lipinski definition) is 4. The van der Waals surface area contributed by atoms with Crippen molar-refractivity contribution in [1.29, 1.82) is 0 Å². The molecule has 2 aromatic rings. The molecule has 0 unspecified atom stereocenters. The number of ether oxygens (including phenoxy) is 2. The summed E-state index contributed by atoms with van der Waals surface area (Å²) in [6, 6.07) is 4.39. The van der Waals surface area contributed by atoms with Gasteiger partial charge in [-0.25, -0.2) is 14.6 Å². The number of halogens is 1. The van der Waals surface area contributed by atoms with Gasteiger partial charge in [0, 0.05) is 11.6 Å². The number of amides is 3. The number of aromatic nitrogens is 2. The van der Waals surface area contributed by atoms with E-state index in [0.29, 0.717) is 48.5 Å². The predicted octanol–water partition coefficient (Wildman–Crippen LogP) is 3.19. The highest BCUT2D eigenvalue weighted by Crippen LogP contribution is 2.28. The summed E-state index contributed by atoms with van der Waals surface area (Å²) in [6.07, 6.45) is 3.86. The van der Waals surface area contributed by atoms with Gasteiger partial charge in [-0.1, -0.05) is 11.6 Å². The molecule has 0 radical (unpaired) electrons. The van der Waals surface area contributed by atoms with Gasteiger partial charge in [-0.05, 0) is 51.6 Å². The van der Waals surface area contributed by atoms with E-state index in [1.165, 1.54) is 6.20 Å². The molecule has 2 rings (SSSR count). The molecule has 4 N–H and O–H groups in total. The molecule has 0 bridgehead atoms. The SMILES string of the molecule is CNCCCOC(=O)NCCCOc1ccc(Cl)cc1NC(=O)Nc1cnc(C)cn1.